The number of piperidine rings is 1. The number of allylic oxidation sites excluding steroid dienone is 1. The molecule has 0 aromatic carbocycles. The molecule has 1 amide bonds. The van der Waals surface area contributed by atoms with E-state index in [1.807, 2.05) is 10.9 Å². The third-order valence-electron chi connectivity index (χ3n) is 6.76. The number of likely N-dealkylation sites (tertiary alicyclic amines) is 1. The highest BCUT2D eigenvalue weighted by Crippen LogP contribution is 2.45. The van der Waals surface area contributed by atoms with E-state index in [9.17, 15) is 4.79 Å². The van der Waals surface area contributed by atoms with Gasteiger partial charge in [0.1, 0.15) is 5.02 Å². The number of hydrogen-bond acceptors (Lipinski definition) is 7. The minimum absolute atomic E-state index is 0.111. The van der Waals surface area contributed by atoms with Gasteiger partial charge in [0.15, 0.2) is 5.82 Å². The number of halogens is 1. The van der Waals surface area contributed by atoms with Gasteiger partial charge in [-0.25, -0.2) is 4.98 Å². The van der Waals surface area contributed by atoms with E-state index in [-0.39, 0.29) is 29.7 Å². The molecule has 1 saturated heterocycles. The first-order valence-electron chi connectivity index (χ1n) is 10.7. The van der Waals surface area contributed by atoms with Crippen LogP contribution in [0.5, 0.6) is 0 Å². The summed E-state index contributed by atoms with van der Waals surface area (Å²) in [7, 11) is 2.15. The van der Waals surface area contributed by atoms with E-state index < -0.39 is 0 Å². The lowest BCUT2D eigenvalue weighted by Gasteiger charge is -2.28. The van der Waals surface area contributed by atoms with Gasteiger partial charge in [-0.3, -0.25) is 9.48 Å². The van der Waals surface area contributed by atoms with E-state index in [0.29, 0.717) is 22.8 Å². The maximum atomic E-state index is 12.0. The quantitative estimate of drug-likeness (QED) is 0.588. The molecular formula is C21H27ClN8O. The molecule has 0 unspecified atom stereocenters. The number of carbonyl (C=O) groups excluding carboxylic acids is 1. The average Bonchev–Trinajstić information content (AvgIpc) is 3.47. The number of amides is 1. The van der Waals surface area contributed by atoms with Crippen molar-refractivity contribution in [1.29, 1.82) is 0 Å². The first-order valence-corrected chi connectivity index (χ1v) is 11.1. The van der Waals surface area contributed by atoms with Crippen molar-refractivity contribution in [3.8, 4) is 0 Å². The highest BCUT2D eigenvalue weighted by atomic mass is 35.5. The van der Waals surface area contributed by atoms with Crippen LogP contribution in [-0.4, -0.2) is 56.7 Å². The van der Waals surface area contributed by atoms with Gasteiger partial charge in [-0.05, 0) is 51.2 Å². The van der Waals surface area contributed by atoms with Crippen LogP contribution in [0, 0.1) is 17.8 Å². The Morgan fingerprint density at radius 1 is 1.23 bits per heavy atom. The van der Waals surface area contributed by atoms with Crippen LogP contribution in [0.3, 0.4) is 0 Å². The molecule has 1 aliphatic heterocycles. The second-order valence-corrected chi connectivity index (χ2v) is 9.21. The van der Waals surface area contributed by atoms with Gasteiger partial charge in [0.05, 0.1) is 30.0 Å². The SMILES string of the molecule is CN1CCC(n2cc(Nc3ncc(Cl)c(N[C@@H]4[C@H](C(N)=O)[C@H]5C=C[C@@H]4C5)n3)cn2)CC1. The predicted octanol–water partition coefficient (Wildman–Crippen LogP) is 2.42. The number of aromatic nitrogens is 4. The molecule has 5 rings (SSSR count). The molecule has 9 nitrogen and oxygen atoms in total. The van der Waals surface area contributed by atoms with Gasteiger partial charge < -0.3 is 21.3 Å². The largest absolute Gasteiger partial charge is 0.369 e. The summed E-state index contributed by atoms with van der Waals surface area (Å²) in [5.74, 6) is 0.800. The monoisotopic (exact) mass is 442 g/mol. The van der Waals surface area contributed by atoms with Crippen molar-refractivity contribution < 1.29 is 4.79 Å². The number of nitrogens with one attached hydrogen (secondary N) is 2. The molecule has 2 bridgehead atoms. The molecule has 3 aliphatic rings. The van der Waals surface area contributed by atoms with Crippen molar-refractivity contribution in [2.45, 2.75) is 31.3 Å². The van der Waals surface area contributed by atoms with Gasteiger partial charge in [-0.15, -0.1) is 0 Å². The molecule has 2 aromatic rings. The lowest BCUT2D eigenvalue weighted by molar-refractivity contribution is -0.122. The van der Waals surface area contributed by atoms with Crippen molar-refractivity contribution in [3.05, 3.63) is 35.8 Å². The first-order chi connectivity index (χ1) is 15.0. The van der Waals surface area contributed by atoms with Crippen molar-refractivity contribution in [2.75, 3.05) is 30.8 Å². The smallest absolute Gasteiger partial charge is 0.229 e. The van der Waals surface area contributed by atoms with Crippen LogP contribution < -0.4 is 16.4 Å². The van der Waals surface area contributed by atoms with Crippen LogP contribution in [0.1, 0.15) is 25.3 Å². The number of carbonyl (C=O) groups is 1. The Labute approximate surface area is 186 Å². The van der Waals surface area contributed by atoms with E-state index >= 15 is 0 Å². The number of anilines is 3. The Kier molecular flexibility index (Phi) is 5.31. The number of hydrogen-bond donors (Lipinski definition) is 3. The van der Waals surface area contributed by atoms with Crippen LogP contribution in [0.4, 0.5) is 17.5 Å². The second kappa shape index (κ2) is 8.12. The van der Waals surface area contributed by atoms with Crippen LogP contribution >= 0.6 is 11.6 Å². The Hall–Kier alpha value is -2.65. The molecule has 164 valence electrons. The summed E-state index contributed by atoms with van der Waals surface area (Å²) >= 11 is 6.35. The van der Waals surface area contributed by atoms with E-state index in [4.69, 9.17) is 17.3 Å². The van der Waals surface area contributed by atoms with Crippen LogP contribution in [-0.2, 0) is 4.79 Å². The average molecular weight is 443 g/mol. The fourth-order valence-electron chi connectivity index (χ4n) is 5.08. The number of nitrogens with two attached hydrogens (primary N) is 1. The Balaban J connectivity index is 1.29. The summed E-state index contributed by atoms with van der Waals surface area (Å²) < 4.78 is 2.02. The zero-order valence-electron chi connectivity index (χ0n) is 17.4. The molecule has 2 fully saturated rings. The topological polar surface area (TPSA) is 114 Å². The summed E-state index contributed by atoms with van der Waals surface area (Å²) in [5, 5.41) is 11.5. The van der Waals surface area contributed by atoms with Crippen molar-refractivity contribution in [3.63, 3.8) is 0 Å². The molecule has 10 heteroatoms. The second-order valence-electron chi connectivity index (χ2n) is 8.81. The number of nitrogens with zero attached hydrogens (tertiary/aromatic N) is 5. The Morgan fingerprint density at radius 3 is 2.77 bits per heavy atom. The summed E-state index contributed by atoms with van der Waals surface area (Å²) in [5.41, 5.74) is 6.49. The minimum Gasteiger partial charge on any atom is -0.369 e. The zero-order chi connectivity index (χ0) is 21.5. The standard InChI is InChI=1S/C21H27ClN8O/c1-29-6-4-15(5-7-29)30-11-14(9-25-30)26-21-24-10-16(22)20(28-21)27-18-13-3-2-12(8-13)17(18)19(23)31/h2-3,9-13,15,17-18H,4-8H2,1H3,(H2,23,31)(H2,24,26,27,28)/t12-,13+,17+,18-/m0/s1. The molecular weight excluding hydrogens is 416 g/mol. The highest BCUT2D eigenvalue weighted by Gasteiger charge is 2.47. The van der Waals surface area contributed by atoms with E-state index in [0.717, 1.165) is 38.0 Å². The van der Waals surface area contributed by atoms with Crippen LogP contribution in [0.15, 0.2) is 30.7 Å². The van der Waals surface area contributed by atoms with Gasteiger partial charge in [0.25, 0.3) is 0 Å². The number of fused-ring (bicyclic) bond motifs is 2. The first kappa shape index (κ1) is 20.3. The maximum Gasteiger partial charge on any atom is 0.229 e. The third kappa shape index (κ3) is 3.99. The normalized spacial score (nSPS) is 28.2. The fraction of sp³-hybridized carbons (Fsp3) is 0.524. The molecule has 3 heterocycles. The predicted molar refractivity (Wildman–Crippen MR) is 119 cm³/mol. The van der Waals surface area contributed by atoms with Gasteiger partial charge in [-0.1, -0.05) is 23.8 Å². The molecule has 31 heavy (non-hydrogen) atoms. The van der Waals surface area contributed by atoms with Crippen molar-refractivity contribution in [1.82, 2.24) is 24.6 Å². The summed E-state index contributed by atoms with van der Waals surface area (Å²) in [6, 6.07) is 0.298. The third-order valence-corrected chi connectivity index (χ3v) is 7.03. The Bertz CT molecular complexity index is 999. The van der Waals surface area contributed by atoms with Gasteiger partial charge in [-0.2, -0.15) is 10.1 Å². The molecule has 0 spiro atoms. The minimum atomic E-state index is -0.292. The fourth-order valence-corrected chi connectivity index (χ4v) is 5.23. The molecule has 2 aromatic heterocycles. The van der Waals surface area contributed by atoms with Crippen LogP contribution in [0.2, 0.25) is 5.02 Å². The lowest BCUT2D eigenvalue weighted by Crippen LogP contribution is -2.41. The molecule has 0 radical (unpaired) electrons. The maximum absolute atomic E-state index is 12.0. The molecule has 1 saturated carbocycles. The van der Waals surface area contributed by atoms with E-state index in [2.05, 4.69) is 49.8 Å². The van der Waals surface area contributed by atoms with Crippen molar-refractivity contribution in [2.24, 2.45) is 23.5 Å². The van der Waals surface area contributed by atoms with Crippen molar-refractivity contribution >= 4 is 35.0 Å². The van der Waals surface area contributed by atoms with Gasteiger partial charge in [0, 0.05) is 12.2 Å². The van der Waals surface area contributed by atoms with Gasteiger partial charge >= 0.3 is 0 Å². The van der Waals surface area contributed by atoms with Crippen LogP contribution in [0.25, 0.3) is 0 Å². The highest BCUT2D eigenvalue weighted by molar-refractivity contribution is 6.32. The summed E-state index contributed by atoms with van der Waals surface area (Å²) in [6.45, 7) is 2.15. The summed E-state index contributed by atoms with van der Waals surface area (Å²) in [4.78, 5) is 23.2. The van der Waals surface area contributed by atoms with E-state index in [1.54, 1.807) is 12.4 Å². The Morgan fingerprint density at radius 2 is 2.00 bits per heavy atom. The van der Waals surface area contributed by atoms with Gasteiger partial charge in [0.2, 0.25) is 11.9 Å². The zero-order valence-corrected chi connectivity index (χ0v) is 18.2. The number of primary amides is 1. The number of rotatable bonds is 6. The molecule has 4 N–H and O–H groups in total. The molecule has 4 atom stereocenters. The molecule has 2 aliphatic carbocycles. The lowest BCUT2D eigenvalue weighted by atomic mass is 9.88. The van der Waals surface area contributed by atoms with E-state index in [1.165, 1.54) is 0 Å². The summed E-state index contributed by atoms with van der Waals surface area (Å²) in [6.07, 6.45) is 12.7.